The number of rotatable bonds is 7. The summed E-state index contributed by atoms with van der Waals surface area (Å²) in [6, 6.07) is 25.4. The maximum absolute atomic E-state index is 16.0. The van der Waals surface area contributed by atoms with Gasteiger partial charge in [-0.2, -0.15) is 0 Å². The highest BCUT2D eigenvalue weighted by atomic mass is 32.1. The Morgan fingerprint density at radius 1 is 1.00 bits per heavy atom. The van der Waals surface area contributed by atoms with Crippen LogP contribution in [0.15, 0.2) is 96.4 Å². The van der Waals surface area contributed by atoms with Crippen molar-refractivity contribution in [1.82, 2.24) is 0 Å². The third-order valence-electron chi connectivity index (χ3n) is 5.71. The second-order valence-electron chi connectivity index (χ2n) is 7.80. The molecule has 0 fully saturated rings. The molecule has 0 saturated carbocycles. The Kier molecular flexibility index (Phi) is 6.82. The third kappa shape index (κ3) is 4.36. The summed E-state index contributed by atoms with van der Waals surface area (Å²) in [5.74, 6) is 5.68. The zero-order chi connectivity index (χ0) is 24.3. The molecular weight excluding hydrogens is 470 g/mol. The number of carbonyl (C=O) groups is 1. The fourth-order valence-corrected chi connectivity index (χ4v) is 6.55. The second-order valence-corrected chi connectivity index (χ2v) is 11.6. The molecule has 4 rings (SSSR count). The number of hydrazine groups is 1. The summed E-state index contributed by atoms with van der Waals surface area (Å²) in [7, 11) is -2.66. The smallest absolute Gasteiger partial charge is 0.272 e. The van der Waals surface area contributed by atoms with Crippen molar-refractivity contribution in [2.75, 3.05) is 12.1 Å². The average Bonchev–Trinajstić information content (AvgIpc) is 3.43. The van der Waals surface area contributed by atoms with Crippen molar-refractivity contribution in [2.45, 2.75) is 12.3 Å². The summed E-state index contributed by atoms with van der Waals surface area (Å²) in [5.41, 5.74) is 1.90. The second kappa shape index (κ2) is 9.65. The van der Waals surface area contributed by atoms with Gasteiger partial charge in [0.05, 0.1) is 5.69 Å². The van der Waals surface area contributed by atoms with Crippen LogP contribution in [-0.2, 0) is 14.5 Å². The summed E-state index contributed by atoms with van der Waals surface area (Å²) in [6.45, 7) is 1.23. The molecular formula is C26H24FN2O3PS. The third-order valence-corrected chi connectivity index (χ3v) is 9.49. The van der Waals surface area contributed by atoms with Crippen LogP contribution >= 0.6 is 18.7 Å². The minimum Gasteiger partial charge on any atom is -0.326 e. The van der Waals surface area contributed by atoms with Crippen LogP contribution in [0.1, 0.15) is 22.8 Å². The summed E-state index contributed by atoms with van der Waals surface area (Å²) >= 11 is 1.59. The first-order valence-corrected chi connectivity index (χ1v) is 13.0. The molecule has 2 atom stereocenters. The molecule has 0 bridgehead atoms. The SMILES string of the molecule is COP(=O)(c1ccccc1)C(C)(F)c1ccc(C(=O)N(N)c2cccc(-c3cccs3)c2)cc1. The monoisotopic (exact) mass is 494 g/mol. The number of benzene rings is 3. The molecule has 0 radical (unpaired) electrons. The Morgan fingerprint density at radius 2 is 1.71 bits per heavy atom. The van der Waals surface area contributed by atoms with Crippen molar-refractivity contribution in [2.24, 2.45) is 5.84 Å². The maximum atomic E-state index is 16.0. The van der Waals surface area contributed by atoms with Crippen LogP contribution in [-0.4, -0.2) is 13.0 Å². The van der Waals surface area contributed by atoms with Gasteiger partial charge in [0.1, 0.15) is 0 Å². The van der Waals surface area contributed by atoms with Gasteiger partial charge in [-0.25, -0.2) is 15.2 Å². The lowest BCUT2D eigenvalue weighted by Crippen LogP contribution is -2.37. The Hall–Kier alpha value is -3.09. The van der Waals surface area contributed by atoms with E-state index < -0.39 is 18.7 Å². The van der Waals surface area contributed by atoms with Gasteiger partial charge in [-0.1, -0.05) is 48.5 Å². The molecule has 2 N–H and O–H groups in total. The Bertz CT molecular complexity index is 1330. The van der Waals surface area contributed by atoms with Gasteiger partial charge in [0.15, 0.2) is 0 Å². The van der Waals surface area contributed by atoms with E-state index in [0.717, 1.165) is 15.4 Å². The lowest BCUT2D eigenvalue weighted by Gasteiger charge is -2.30. The molecule has 0 spiro atoms. The molecule has 8 heteroatoms. The highest BCUT2D eigenvalue weighted by Gasteiger charge is 2.48. The van der Waals surface area contributed by atoms with Gasteiger partial charge in [-0.15, -0.1) is 11.3 Å². The van der Waals surface area contributed by atoms with Gasteiger partial charge in [-0.05, 0) is 65.9 Å². The van der Waals surface area contributed by atoms with E-state index in [2.05, 4.69) is 0 Å². The molecule has 0 aliphatic carbocycles. The van der Waals surface area contributed by atoms with Crippen LogP contribution in [0.25, 0.3) is 10.4 Å². The van der Waals surface area contributed by atoms with Crippen molar-refractivity contribution in [1.29, 1.82) is 0 Å². The zero-order valence-electron chi connectivity index (χ0n) is 18.7. The van der Waals surface area contributed by atoms with E-state index in [1.165, 1.54) is 38.3 Å². The summed E-state index contributed by atoms with van der Waals surface area (Å²) in [5, 5.41) is 1.02. The van der Waals surface area contributed by atoms with Gasteiger partial charge in [0, 0.05) is 22.9 Å². The summed E-state index contributed by atoms with van der Waals surface area (Å²) in [6.07, 6.45) is 0. The van der Waals surface area contributed by atoms with E-state index in [-0.39, 0.29) is 16.4 Å². The molecule has 0 aliphatic rings. The minimum absolute atomic E-state index is 0.140. The highest BCUT2D eigenvalue weighted by Crippen LogP contribution is 2.63. The highest BCUT2D eigenvalue weighted by molar-refractivity contribution is 7.67. The normalized spacial score (nSPS) is 14.7. The molecule has 2 unspecified atom stereocenters. The lowest BCUT2D eigenvalue weighted by molar-refractivity contribution is 0.0987. The first-order valence-electron chi connectivity index (χ1n) is 10.5. The number of halogens is 1. The Balaban J connectivity index is 1.59. The fourth-order valence-electron chi connectivity index (χ4n) is 3.74. The summed E-state index contributed by atoms with van der Waals surface area (Å²) in [4.78, 5) is 14.1. The first kappa shape index (κ1) is 24.0. The minimum atomic E-state index is -3.90. The molecule has 0 aliphatic heterocycles. The fraction of sp³-hybridized carbons (Fsp3) is 0.115. The maximum Gasteiger partial charge on any atom is 0.272 e. The molecule has 174 valence electrons. The molecule has 5 nitrogen and oxygen atoms in total. The number of anilines is 1. The van der Waals surface area contributed by atoms with Crippen molar-refractivity contribution in [3.8, 4) is 10.4 Å². The van der Waals surface area contributed by atoms with Crippen LogP contribution in [0.4, 0.5) is 10.1 Å². The number of nitrogens with two attached hydrogens (primary N) is 1. The Morgan fingerprint density at radius 3 is 2.32 bits per heavy atom. The molecule has 34 heavy (non-hydrogen) atoms. The average molecular weight is 495 g/mol. The van der Waals surface area contributed by atoms with Gasteiger partial charge in [0.25, 0.3) is 13.3 Å². The number of thiophene rings is 1. The predicted molar refractivity (Wildman–Crippen MR) is 136 cm³/mol. The molecule has 3 aromatic carbocycles. The van der Waals surface area contributed by atoms with Gasteiger partial charge in [0.2, 0.25) is 5.41 Å². The standard InChI is InChI=1S/C26H24FN2O3PS/c1-26(27,33(31,32-2)23-10-4-3-5-11-23)21-15-13-19(14-16-21)25(30)29(28)22-9-6-8-20(18-22)24-12-7-17-34-24/h3-18H,28H2,1-2H3. The van der Waals surface area contributed by atoms with Gasteiger partial charge < -0.3 is 4.52 Å². The van der Waals surface area contributed by atoms with E-state index in [1.54, 1.807) is 47.7 Å². The van der Waals surface area contributed by atoms with Crippen LogP contribution in [0.2, 0.25) is 0 Å². The molecule has 1 heterocycles. The van der Waals surface area contributed by atoms with Crippen LogP contribution in [0.5, 0.6) is 0 Å². The zero-order valence-corrected chi connectivity index (χ0v) is 20.4. The van der Waals surface area contributed by atoms with E-state index in [1.807, 2.05) is 35.7 Å². The topological polar surface area (TPSA) is 72.6 Å². The van der Waals surface area contributed by atoms with E-state index in [9.17, 15) is 9.36 Å². The number of amides is 1. The molecule has 1 aromatic heterocycles. The lowest BCUT2D eigenvalue weighted by atomic mass is 10.1. The van der Waals surface area contributed by atoms with Crippen molar-refractivity contribution in [3.05, 3.63) is 108 Å². The molecule has 0 saturated heterocycles. The molecule has 1 amide bonds. The van der Waals surface area contributed by atoms with E-state index >= 15 is 4.39 Å². The quantitative estimate of drug-likeness (QED) is 0.141. The van der Waals surface area contributed by atoms with Crippen LogP contribution < -0.4 is 16.2 Å². The van der Waals surface area contributed by atoms with Crippen molar-refractivity contribution < 1.29 is 18.3 Å². The predicted octanol–water partition coefficient (Wildman–Crippen LogP) is 6.33. The first-order chi connectivity index (χ1) is 16.3. The van der Waals surface area contributed by atoms with Crippen molar-refractivity contribution in [3.63, 3.8) is 0 Å². The number of alkyl halides is 1. The van der Waals surface area contributed by atoms with E-state index in [4.69, 9.17) is 10.4 Å². The number of hydrogen-bond acceptors (Lipinski definition) is 5. The molecule has 4 aromatic rings. The number of nitrogens with zero attached hydrogens (tertiary/aromatic N) is 1. The van der Waals surface area contributed by atoms with E-state index in [0.29, 0.717) is 5.69 Å². The largest absolute Gasteiger partial charge is 0.326 e. The number of hydrogen-bond donors (Lipinski definition) is 1. The van der Waals surface area contributed by atoms with Crippen LogP contribution in [0.3, 0.4) is 0 Å². The Labute approximate surface area is 202 Å². The van der Waals surface area contributed by atoms with Gasteiger partial charge >= 0.3 is 0 Å². The number of carbonyl (C=O) groups excluding carboxylic acids is 1. The van der Waals surface area contributed by atoms with Crippen molar-refractivity contribution >= 4 is 35.6 Å². The van der Waals surface area contributed by atoms with Gasteiger partial charge in [-0.3, -0.25) is 9.36 Å². The summed E-state index contributed by atoms with van der Waals surface area (Å²) < 4.78 is 34.8. The van der Waals surface area contributed by atoms with Crippen LogP contribution in [0, 0.1) is 0 Å².